The standard InChI is InChI=1S/C16H16FN3O2S2/c1-3-20-15(6-7-18-20)12-8-16(23-10-12)24(21,22)19-13-5-4-11(2)14(17)9-13/h4-10,19H,3H2,1-2H3. The molecule has 0 saturated carbocycles. The number of halogens is 1. The average Bonchev–Trinajstić information content (AvgIpc) is 3.18. The summed E-state index contributed by atoms with van der Waals surface area (Å²) in [6, 6.07) is 7.68. The summed E-state index contributed by atoms with van der Waals surface area (Å²) < 4.78 is 42.9. The van der Waals surface area contributed by atoms with E-state index in [4.69, 9.17) is 0 Å². The molecule has 5 nitrogen and oxygen atoms in total. The highest BCUT2D eigenvalue weighted by Gasteiger charge is 2.19. The Morgan fingerprint density at radius 2 is 2.08 bits per heavy atom. The molecule has 0 amide bonds. The number of rotatable bonds is 5. The van der Waals surface area contributed by atoms with Crippen LogP contribution in [0.2, 0.25) is 0 Å². The molecule has 3 aromatic rings. The van der Waals surface area contributed by atoms with Crippen LogP contribution in [-0.2, 0) is 16.6 Å². The summed E-state index contributed by atoms with van der Waals surface area (Å²) in [5, 5.41) is 5.95. The Kier molecular flexibility index (Phi) is 4.42. The molecule has 1 N–H and O–H groups in total. The molecule has 0 atom stereocenters. The van der Waals surface area contributed by atoms with E-state index in [1.807, 2.05) is 13.0 Å². The largest absolute Gasteiger partial charge is 0.279 e. The van der Waals surface area contributed by atoms with Gasteiger partial charge in [0.2, 0.25) is 0 Å². The quantitative estimate of drug-likeness (QED) is 0.746. The van der Waals surface area contributed by atoms with Gasteiger partial charge in [0.15, 0.2) is 0 Å². The van der Waals surface area contributed by atoms with Gasteiger partial charge < -0.3 is 0 Å². The lowest BCUT2D eigenvalue weighted by Gasteiger charge is -2.07. The Balaban J connectivity index is 1.89. The molecule has 0 spiro atoms. The van der Waals surface area contributed by atoms with Gasteiger partial charge in [0, 0.05) is 23.7 Å². The predicted molar refractivity (Wildman–Crippen MR) is 93.2 cm³/mol. The smallest absolute Gasteiger partial charge is 0.271 e. The molecule has 8 heteroatoms. The van der Waals surface area contributed by atoms with Gasteiger partial charge in [-0.2, -0.15) is 5.10 Å². The van der Waals surface area contributed by atoms with E-state index in [0.29, 0.717) is 12.1 Å². The minimum Gasteiger partial charge on any atom is -0.279 e. The highest BCUT2D eigenvalue weighted by Crippen LogP contribution is 2.29. The van der Waals surface area contributed by atoms with Crippen molar-refractivity contribution in [3.8, 4) is 11.3 Å². The van der Waals surface area contributed by atoms with Crippen molar-refractivity contribution < 1.29 is 12.8 Å². The Hall–Kier alpha value is -2.19. The second-order valence-corrected chi connectivity index (χ2v) is 8.08. The van der Waals surface area contributed by atoms with Crippen molar-refractivity contribution in [3.63, 3.8) is 0 Å². The SMILES string of the molecule is CCn1nccc1-c1csc(S(=O)(=O)Nc2ccc(C)c(F)c2)c1. The summed E-state index contributed by atoms with van der Waals surface area (Å²) in [4.78, 5) is 0. The zero-order valence-corrected chi connectivity index (χ0v) is 14.8. The van der Waals surface area contributed by atoms with Gasteiger partial charge >= 0.3 is 0 Å². The van der Waals surface area contributed by atoms with Crippen LogP contribution in [0.5, 0.6) is 0 Å². The predicted octanol–water partition coefficient (Wildman–Crippen LogP) is 3.88. The normalized spacial score (nSPS) is 11.6. The molecule has 126 valence electrons. The van der Waals surface area contributed by atoms with Crippen LogP contribution in [0.15, 0.2) is 46.1 Å². The molecule has 0 bridgehead atoms. The van der Waals surface area contributed by atoms with Crippen LogP contribution in [0.1, 0.15) is 12.5 Å². The first-order valence-corrected chi connectivity index (χ1v) is 9.66. The van der Waals surface area contributed by atoms with E-state index in [0.717, 1.165) is 22.6 Å². The Bertz CT molecular complexity index is 977. The van der Waals surface area contributed by atoms with E-state index < -0.39 is 15.8 Å². The van der Waals surface area contributed by atoms with Crippen molar-refractivity contribution in [1.29, 1.82) is 0 Å². The molecule has 0 radical (unpaired) electrons. The Morgan fingerprint density at radius 3 is 2.79 bits per heavy atom. The van der Waals surface area contributed by atoms with Gasteiger partial charge in [-0.3, -0.25) is 9.40 Å². The maximum Gasteiger partial charge on any atom is 0.271 e. The highest BCUT2D eigenvalue weighted by molar-refractivity contribution is 7.94. The summed E-state index contributed by atoms with van der Waals surface area (Å²) in [6.45, 7) is 4.28. The average molecular weight is 365 g/mol. The number of anilines is 1. The van der Waals surface area contributed by atoms with Crippen LogP contribution in [0.3, 0.4) is 0 Å². The summed E-state index contributed by atoms with van der Waals surface area (Å²) in [7, 11) is -3.76. The molecule has 3 rings (SSSR count). The summed E-state index contributed by atoms with van der Waals surface area (Å²) in [5.41, 5.74) is 2.31. The van der Waals surface area contributed by atoms with Crippen LogP contribution in [0.4, 0.5) is 10.1 Å². The van der Waals surface area contributed by atoms with Crippen molar-refractivity contribution in [2.24, 2.45) is 0 Å². The number of nitrogens with zero attached hydrogens (tertiary/aromatic N) is 2. The monoisotopic (exact) mass is 365 g/mol. The van der Waals surface area contributed by atoms with Crippen molar-refractivity contribution in [3.05, 3.63) is 53.3 Å². The first-order valence-electron chi connectivity index (χ1n) is 7.30. The Labute approximate surface area is 143 Å². The van der Waals surface area contributed by atoms with E-state index in [2.05, 4.69) is 9.82 Å². The fourth-order valence-corrected chi connectivity index (χ4v) is 4.51. The summed E-state index contributed by atoms with van der Waals surface area (Å²) in [6.07, 6.45) is 1.68. The Morgan fingerprint density at radius 1 is 1.29 bits per heavy atom. The molecule has 24 heavy (non-hydrogen) atoms. The van der Waals surface area contributed by atoms with Crippen molar-refractivity contribution in [2.45, 2.75) is 24.6 Å². The third-order valence-electron chi connectivity index (χ3n) is 3.58. The van der Waals surface area contributed by atoms with E-state index >= 15 is 0 Å². The van der Waals surface area contributed by atoms with Gasteiger partial charge in [-0.1, -0.05) is 6.07 Å². The van der Waals surface area contributed by atoms with Gasteiger partial charge in [-0.25, -0.2) is 12.8 Å². The van der Waals surface area contributed by atoms with Crippen molar-refractivity contribution >= 4 is 27.0 Å². The molecular weight excluding hydrogens is 349 g/mol. The number of aromatic nitrogens is 2. The molecule has 0 aliphatic rings. The van der Waals surface area contributed by atoms with Crippen LogP contribution in [0.25, 0.3) is 11.3 Å². The molecular formula is C16H16FN3O2S2. The van der Waals surface area contributed by atoms with Crippen LogP contribution < -0.4 is 4.72 Å². The fourth-order valence-electron chi connectivity index (χ4n) is 2.28. The van der Waals surface area contributed by atoms with Crippen LogP contribution in [0, 0.1) is 12.7 Å². The fraction of sp³-hybridized carbons (Fsp3) is 0.188. The molecule has 2 heterocycles. The van der Waals surface area contributed by atoms with E-state index in [1.165, 1.54) is 18.2 Å². The highest BCUT2D eigenvalue weighted by atomic mass is 32.2. The topological polar surface area (TPSA) is 64.0 Å². The lowest BCUT2D eigenvalue weighted by Crippen LogP contribution is -2.11. The van der Waals surface area contributed by atoms with Gasteiger partial charge in [-0.05, 0) is 43.7 Å². The minimum atomic E-state index is -3.76. The number of benzene rings is 1. The molecule has 2 aromatic heterocycles. The van der Waals surface area contributed by atoms with Gasteiger partial charge in [0.05, 0.1) is 11.4 Å². The maximum atomic E-state index is 13.6. The minimum absolute atomic E-state index is 0.169. The molecule has 0 unspecified atom stereocenters. The molecule has 0 aliphatic carbocycles. The molecule has 0 saturated heterocycles. The first kappa shape index (κ1) is 16.7. The zero-order valence-electron chi connectivity index (χ0n) is 13.2. The van der Waals surface area contributed by atoms with Crippen LogP contribution >= 0.6 is 11.3 Å². The number of thiophene rings is 1. The second-order valence-electron chi connectivity index (χ2n) is 5.26. The third kappa shape index (κ3) is 3.20. The lowest BCUT2D eigenvalue weighted by molar-refractivity contribution is 0.603. The number of aryl methyl sites for hydroxylation is 2. The van der Waals surface area contributed by atoms with E-state index in [1.54, 1.807) is 29.2 Å². The van der Waals surface area contributed by atoms with Gasteiger partial charge in [0.1, 0.15) is 10.0 Å². The molecule has 0 fully saturated rings. The first-order chi connectivity index (χ1) is 11.4. The number of sulfonamides is 1. The summed E-state index contributed by atoms with van der Waals surface area (Å²) in [5.74, 6) is -0.450. The second kappa shape index (κ2) is 6.37. The molecule has 1 aromatic carbocycles. The maximum absolute atomic E-state index is 13.6. The lowest BCUT2D eigenvalue weighted by atomic mass is 10.2. The number of nitrogens with one attached hydrogen (secondary N) is 1. The number of hydrogen-bond acceptors (Lipinski definition) is 4. The molecule has 0 aliphatic heterocycles. The van der Waals surface area contributed by atoms with E-state index in [9.17, 15) is 12.8 Å². The van der Waals surface area contributed by atoms with Gasteiger partial charge in [0.25, 0.3) is 10.0 Å². The van der Waals surface area contributed by atoms with Gasteiger partial charge in [-0.15, -0.1) is 11.3 Å². The zero-order chi connectivity index (χ0) is 17.3. The third-order valence-corrected chi connectivity index (χ3v) is 6.40. The number of hydrogen-bond donors (Lipinski definition) is 1. The summed E-state index contributed by atoms with van der Waals surface area (Å²) >= 11 is 1.12. The van der Waals surface area contributed by atoms with Crippen LogP contribution in [-0.4, -0.2) is 18.2 Å². The van der Waals surface area contributed by atoms with E-state index in [-0.39, 0.29) is 9.90 Å². The van der Waals surface area contributed by atoms with Crippen molar-refractivity contribution in [1.82, 2.24) is 9.78 Å². The van der Waals surface area contributed by atoms with Crippen molar-refractivity contribution in [2.75, 3.05) is 4.72 Å².